The Bertz CT molecular complexity index is 363. The average molecular weight is 322 g/mol. The van der Waals surface area contributed by atoms with Crippen molar-refractivity contribution >= 4 is 22.1 Å². The summed E-state index contributed by atoms with van der Waals surface area (Å²) in [5.41, 5.74) is 0. The summed E-state index contributed by atoms with van der Waals surface area (Å²) in [5.74, 6) is -3.50. The van der Waals surface area contributed by atoms with Gasteiger partial charge in [-0.25, -0.2) is 6.61 Å². The van der Waals surface area contributed by atoms with E-state index in [1.54, 1.807) is 6.61 Å². The fourth-order valence-electron chi connectivity index (χ4n) is 0.824. The molecule has 0 aliphatic carbocycles. The van der Waals surface area contributed by atoms with Gasteiger partial charge in [-0.1, -0.05) is 13.3 Å². The number of unbranched alkanes of at least 4 members (excludes halogenated alkanes) is 1. The Morgan fingerprint density at radius 3 is 2.00 bits per heavy atom. The van der Waals surface area contributed by atoms with Crippen LogP contribution < -0.4 is 29.6 Å². The molecular weight excluding hydrogens is 303 g/mol. The summed E-state index contributed by atoms with van der Waals surface area (Å²) in [4.78, 5) is 20.0. The molecule has 0 bridgehead atoms. The second kappa shape index (κ2) is 13.8. The third-order valence-electron chi connectivity index (χ3n) is 1.78. The molecule has 1 atom stereocenters. The minimum absolute atomic E-state index is 0. The first kappa shape index (κ1) is 24.8. The standard InChI is InChI=1S/C6H13O.C4H6O7S.Na/c1-3-5-6-7-4-2;5-3(6)1-2(4(7)8)12(9,10)11;/h4H,3,5-6H2,1-2H3;2H,1H2,(H,5,6)(H,7,8)(H,9,10,11);/q-1;;+1. The van der Waals surface area contributed by atoms with Crippen LogP contribution in [-0.2, 0) is 24.4 Å². The maximum atomic E-state index is 10.2. The van der Waals surface area contributed by atoms with Crippen LogP contribution in [0.4, 0.5) is 0 Å². The number of aliphatic carboxylic acids is 2. The first-order valence-electron chi connectivity index (χ1n) is 5.47. The Balaban J connectivity index is -0.000000312. The number of hydrogen-bond acceptors (Lipinski definition) is 5. The largest absolute Gasteiger partial charge is 1.00 e. The first-order valence-corrected chi connectivity index (χ1v) is 6.97. The smallest absolute Gasteiger partial charge is 0.552 e. The van der Waals surface area contributed by atoms with Crippen molar-refractivity contribution in [2.45, 2.75) is 38.4 Å². The van der Waals surface area contributed by atoms with Crippen molar-refractivity contribution in [2.24, 2.45) is 0 Å². The van der Waals surface area contributed by atoms with Crippen molar-refractivity contribution in [3.63, 3.8) is 0 Å². The number of hydrogen-bond donors (Lipinski definition) is 3. The van der Waals surface area contributed by atoms with E-state index in [4.69, 9.17) is 19.5 Å². The molecule has 0 aromatic rings. The van der Waals surface area contributed by atoms with Crippen molar-refractivity contribution in [3.8, 4) is 0 Å². The predicted molar refractivity (Wildman–Crippen MR) is 66.1 cm³/mol. The molecule has 0 radical (unpaired) electrons. The summed E-state index contributed by atoms with van der Waals surface area (Å²) in [6.07, 6.45) is 1.23. The average Bonchev–Trinajstić information content (AvgIpc) is 2.25. The van der Waals surface area contributed by atoms with Crippen LogP contribution >= 0.6 is 0 Å². The van der Waals surface area contributed by atoms with Crippen LogP contribution in [0.5, 0.6) is 0 Å². The Hall–Kier alpha value is -0.190. The molecule has 8 nitrogen and oxygen atoms in total. The van der Waals surface area contributed by atoms with Gasteiger partial charge in [-0.05, 0) is 6.42 Å². The maximum Gasteiger partial charge on any atom is 1.00 e. The minimum atomic E-state index is -4.84. The monoisotopic (exact) mass is 322 g/mol. The van der Waals surface area contributed by atoms with Crippen molar-refractivity contribution in [1.29, 1.82) is 0 Å². The molecule has 0 aromatic carbocycles. The van der Waals surface area contributed by atoms with Gasteiger partial charge < -0.3 is 14.9 Å². The van der Waals surface area contributed by atoms with E-state index in [1.807, 2.05) is 6.92 Å². The van der Waals surface area contributed by atoms with Gasteiger partial charge in [0.1, 0.15) is 0 Å². The fourth-order valence-corrected chi connectivity index (χ4v) is 1.43. The molecule has 0 aromatic heterocycles. The van der Waals surface area contributed by atoms with Crippen LogP contribution in [-0.4, -0.2) is 47.0 Å². The molecule has 10 heteroatoms. The Kier molecular flexibility index (Phi) is 17.1. The van der Waals surface area contributed by atoms with Gasteiger partial charge in [0.2, 0.25) is 0 Å². The van der Waals surface area contributed by atoms with Crippen molar-refractivity contribution < 1.29 is 67.1 Å². The second-order valence-electron chi connectivity index (χ2n) is 3.40. The number of carboxylic acid groups (broad SMARTS) is 2. The summed E-state index contributed by atoms with van der Waals surface area (Å²) < 4.78 is 33.6. The molecule has 1 unspecified atom stereocenters. The molecule has 0 rings (SSSR count). The zero-order valence-electron chi connectivity index (χ0n) is 11.8. The molecule has 0 heterocycles. The summed E-state index contributed by atoms with van der Waals surface area (Å²) >= 11 is 0. The minimum Gasteiger partial charge on any atom is -0.552 e. The second-order valence-corrected chi connectivity index (χ2v) is 5.00. The molecule has 3 N–H and O–H groups in total. The van der Waals surface area contributed by atoms with E-state index in [2.05, 4.69) is 6.92 Å². The van der Waals surface area contributed by atoms with E-state index in [-0.39, 0.29) is 29.6 Å². The summed E-state index contributed by atoms with van der Waals surface area (Å²) in [7, 11) is -4.84. The molecule has 0 saturated heterocycles. The van der Waals surface area contributed by atoms with Gasteiger partial charge >= 0.3 is 41.5 Å². The van der Waals surface area contributed by atoms with Crippen LogP contribution in [0.1, 0.15) is 33.1 Å². The Labute approximate surface area is 140 Å². The van der Waals surface area contributed by atoms with Gasteiger partial charge in [-0.2, -0.15) is 15.3 Å². The van der Waals surface area contributed by atoms with Gasteiger partial charge in [0.05, 0.1) is 6.42 Å². The van der Waals surface area contributed by atoms with Crippen LogP contribution in [0.15, 0.2) is 0 Å². The zero-order chi connectivity index (χ0) is 15.5. The molecule has 0 amide bonds. The molecule has 114 valence electrons. The molecule has 20 heavy (non-hydrogen) atoms. The summed E-state index contributed by atoms with van der Waals surface area (Å²) in [6.45, 7) is 6.66. The van der Waals surface area contributed by atoms with Crippen molar-refractivity contribution in [1.82, 2.24) is 0 Å². The SMILES string of the molecule is C[CH-]OCCCC.O=C(O)CC(C(=O)O)S(=O)(=O)O.[Na+]. The number of carboxylic acids is 2. The predicted octanol–water partition coefficient (Wildman–Crippen LogP) is -2.21. The first-order chi connectivity index (χ1) is 8.66. The van der Waals surface area contributed by atoms with Gasteiger partial charge in [-0.15, -0.1) is 0 Å². The quantitative estimate of drug-likeness (QED) is 0.198. The third-order valence-corrected chi connectivity index (χ3v) is 2.86. The van der Waals surface area contributed by atoms with Crippen LogP contribution in [0.3, 0.4) is 0 Å². The van der Waals surface area contributed by atoms with Crippen molar-refractivity contribution in [2.75, 3.05) is 6.61 Å². The summed E-state index contributed by atoms with van der Waals surface area (Å²) in [5, 5.41) is 13.9. The third kappa shape index (κ3) is 15.9. The van der Waals surface area contributed by atoms with E-state index in [0.29, 0.717) is 0 Å². The Morgan fingerprint density at radius 1 is 1.30 bits per heavy atom. The van der Waals surface area contributed by atoms with Gasteiger partial charge in [0.15, 0.2) is 5.25 Å². The fraction of sp³-hybridized carbons (Fsp3) is 0.700. The molecule has 0 spiro atoms. The molecular formula is C10H19NaO8S. The van der Waals surface area contributed by atoms with E-state index < -0.39 is 33.7 Å². The van der Waals surface area contributed by atoms with Gasteiger partial charge in [0.25, 0.3) is 10.1 Å². The van der Waals surface area contributed by atoms with E-state index in [1.165, 1.54) is 12.8 Å². The van der Waals surface area contributed by atoms with Gasteiger partial charge in [0, 0.05) is 6.61 Å². The molecule has 0 fully saturated rings. The molecule has 0 aliphatic rings. The van der Waals surface area contributed by atoms with E-state index >= 15 is 0 Å². The summed E-state index contributed by atoms with van der Waals surface area (Å²) in [6, 6.07) is 0. The molecule has 0 aliphatic heterocycles. The maximum absolute atomic E-state index is 10.2. The molecule has 0 saturated carbocycles. The number of rotatable bonds is 8. The van der Waals surface area contributed by atoms with Crippen LogP contribution in [0.25, 0.3) is 0 Å². The Morgan fingerprint density at radius 2 is 1.80 bits per heavy atom. The van der Waals surface area contributed by atoms with E-state index in [0.717, 1.165) is 6.61 Å². The van der Waals surface area contributed by atoms with Gasteiger partial charge in [-0.3, -0.25) is 14.1 Å². The number of ether oxygens (including phenoxy) is 1. The zero-order valence-corrected chi connectivity index (χ0v) is 14.6. The van der Waals surface area contributed by atoms with Crippen LogP contribution in [0.2, 0.25) is 0 Å². The van der Waals surface area contributed by atoms with Crippen molar-refractivity contribution in [3.05, 3.63) is 6.61 Å². The van der Waals surface area contributed by atoms with E-state index in [9.17, 15) is 18.0 Å². The number of carbonyl (C=O) groups is 2. The topological polar surface area (TPSA) is 138 Å². The normalized spacial score (nSPS) is 11.6. The van der Waals surface area contributed by atoms with Crippen LogP contribution in [0, 0.1) is 6.61 Å².